The van der Waals surface area contributed by atoms with E-state index in [4.69, 9.17) is 0 Å². The summed E-state index contributed by atoms with van der Waals surface area (Å²) in [6, 6.07) is 1.58. The zero-order valence-electron chi connectivity index (χ0n) is 9.40. The standard InChI is InChI=1S/C12H12N2O2S/c1-3-5-14-11(15)9(13-12(14)16)7-10-8(2)4-6-17-10/h3-4,6-7H,1,5H2,2H3,(H,13,16)/b9-7+. The lowest BCUT2D eigenvalue weighted by atomic mass is 10.2. The third kappa shape index (κ3) is 2.14. The predicted octanol–water partition coefficient (Wildman–Crippen LogP) is 2.14. The number of aryl methyl sites for hydroxylation is 1. The highest BCUT2D eigenvalue weighted by Gasteiger charge is 2.32. The van der Waals surface area contributed by atoms with Crippen LogP contribution in [0.1, 0.15) is 10.4 Å². The summed E-state index contributed by atoms with van der Waals surface area (Å²) in [4.78, 5) is 25.5. The van der Waals surface area contributed by atoms with Crippen molar-refractivity contribution in [3.63, 3.8) is 0 Å². The van der Waals surface area contributed by atoms with E-state index in [1.54, 1.807) is 6.08 Å². The summed E-state index contributed by atoms with van der Waals surface area (Å²) in [6.07, 6.45) is 3.24. The van der Waals surface area contributed by atoms with Crippen LogP contribution < -0.4 is 5.32 Å². The monoisotopic (exact) mass is 248 g/mol. The van der Waals surface area contributed by atoms with Crippen molar-refractivity contribution in [2.75, 3.05) is 6.54 Å². The maximum Gasteiger partial charge on any atom is 0.329 e. The molecule has 0 spiro atoms. The molecular formula is C12H12N2O2S. The van der Waals surface area contributed by atoms with Gasteiger partial charge in [-0.2, -0.15) is 0 Å². The molecule has 17 heavy (non-hydrogen) atoms. The van der Waals surface area contributed by atoms with Crippen LogP contribution in [0.3, 0.4) is 0 Å². The molecule has 0 unspecified atom stereocenters. The Hall–Kier alpha value is -1.88. The molecule has 0 bridgehead atoms. The van der Waals surface area contributed by atoms with Gasteiger partial charge < -0.3 is 5.32 Å². The first-order valence-electron chi connectivity index (χ1n) is 5.13. The summed E-state index contributed by atoms with van der Waals surface area (Å²) >= 11 is 1.54. The second-order valence-corrected chi connectivity index (χ2v) is 4.61. The van der Waals surface area contributed by atoms with E-state index in [1.165, 1.54) is 17.4 Å². The molecule has 2 heterocycles. The van der Waals surface area contributed by atoms with E-state index in [0.717, 1.165) is 15.3 Å². The minimum Gasteiger partial charge on any atom is -0.303 e. The zero-order chi connectivity index (χ0) is 12.4. The lowest BCUT2D eigenvalue weighted by molar-refractivity contribution is -0.122. The molecule has 1 aliphatic rings. The molecule has 1 aliphatic heterocycles. The zero-order valence-corrected chi connectivity index (χ0v) is 10.2. The van der Waals surface area contributed by atoms with Crippen molar-refractivity contribution in [3.8, 4) is 0 Å². The minimum absolute atomic E-state index is 0.228. The summed E-state index contributed by atoms with van der Waals surface area (Å²) in [5.41, 5.74) is 1.41. The number of nitrogens with one attached hydrogen (secondary N) is 1. The smallest absolute Gasteiger partial charge is 0.303 e. The van der Waals surface area contributed by atoms with Crippen molar-refractivity contribution < 1.29 is 9.59 Å². The van der Waals surface area contributed by atoms with Gasteiger partial charge in [-0.15, -0.1) is 17.9 Å². The Morgan fingerprint density at radius 1 is 1.53 bits per heavy atom. The highest BCUT2D eigenvalue weighted by molar-refractivity contribution is 7.11. The van der Waals surface area contributed by atoms with E-state index < -0.39 is 6.03 Å². The van der Waals surface area contributed by atoms with Gasteiger partial charge >= 0.3 is 6.03 Å². The van der Waals surface area contributed by atoms with Gasteiger partial charge in [0.15, 0.2) is 0 Å². The number of thiophene rings is 1. The lowest BCUT2D eigenvalue weighted by Crippen LogP contribution is -2.30. The molecule has 0 saturated carbocycles. The van der Waals surface area contributed by atoms with Crippen molar-refractivity contribution in [1.29, 1.82) is 0 Å². The topological polar surface area (TPSA) is 49.4 Å². The van der Waals surface area contributed by atoms with Crippen LogP contribution in [0, 0.1) is 6.92 Å². The van der Waals surface area contributed by atoms with Crippen LogP contribution >= 0.6 is 11.3 Å². The molecule has 0 aliphatic carbocycles. The molecule has 5 heteroatoms. The second kappa shape index (κ2) is 4.55. The van der Waals surface area contributed by atoms with Gasteiger partial charge in [0.25, 0.3) is 5.91 Å². The summed E-state index contributed by atoms with van der Waals surface area (Å²) in [5.74, 6) is -0.303. The number of imide groups is 1. The number of urea groups is 1. The largest absolute Gasteiger partial charge is 0.329 e. The molecule has 1 N–H and O–H groups in total. The van der Waals surface area contributed by atoms with Crippen LogP contribution in [0.2, 0.25) is 0 Å². The van der Waals surface area contributed by atoms with Gasteiger partial charge in [0.05, 0.1) is 0 Å². The maximum absolute atomic E-state index is 11.9. The van der Waals surface area contributed by atoms with Gasteiger partial charge in [0.2, 0.25) is 0 Å². The molecule has 1 aromatic rings. The Morgan fingerprint density at radius 3 is 2.88 bits per heavy atom. The first kappa shape index (κ1) is 11.6. The van der Waals surface area contributed by atoms with Gasteiger partial charge in [-0.05, 0) is 30.0 Å². The Bertz CT molecular complexity index is 516. The highest BCUT2D eigenvalue weighted by Crippen LogP contribution is 2.21. The van der Waals surface area contributed by atoms with Crippen LogP contribution in [-0.4, -0.2) is 23.4 Å². The average molecular weight is 248 g/mol. The van der Waals surface area contributed by atoms with Gasteiger partial charge in [0, 0.05) is 11.4 Å². The number of hydrogen-bond acceptors (Lipinski definition) is 3. The summed E-state index contributed by atoms with van der Waals surface area (Å²) in [6.45, 7) is 5.71. The Labute approximate surface area is 103 Å². The van der Waals surface area contributed by atoms with Crippen LogP contribution in [0.15, 0.2) is 29.8 Å². The van der Waals surface area contributed by atoms with Gasteiger partial charge in [-0.1, -0.05) is 6.08 Å². The van der Waals surface area contributed by atoms with E-state index in [1.807, 2.05) is 18.4 Å². The van der Waals surface area contributed by atoms with E-state index in [0.29, 0.717) is 5.70 Å². The number of rotatable bonds is 3. The van der Waals surface area contributed by atoms with E-state index in [-0.39, 0.29) is 12.5 Å². The van der Waals surface area contributed by atoms with E-state index in [2.05, 4.69) is 11.9 Å². The quantitative estimate of drug-likeness (QED) is 0.506. The fraction of sp³-hybridized carbons (Fsp3) is 0.167. The lowest BCUT2D eigenvalue weighted by Gasteiger charge is -2.06. The summed E-state index contributed by atoms with van der Waals surface area (Å²) in [5, 5.41) is 4.51. The van der Waals surface area contributed by atoms with Crippen molar-refractivity contribution in [3.05, 3.63) is 40.2 Å². The molecule has 1 aromatic heterocycles. The first-order valence-corrected chi connectivity index (χ1v) is 6.01. The number of nitrogens with zero attached hydrogens (tertiary/aromatic N) is 1. The van der Waals surface area contributed by atoms with Gasteiger partial charge in [-0.25, -0.2) is 4.79 Å². The third-order valence-electron chi connectivity index (χ3n) is 2.45. The maximum atomic E-state index is 11.9. The number of amides is 3. The Morgan fingerprint density at radius 2 is 2.29 bits per heavy atom. The predicted molar refractivity (Wildman–Crippen MR) is 67.5 cm³/mol. The average Bonchev–Trinajstić information content (AvgIpc) is 2.79. The van der Waals surface area contributed by atoms with Crippen molar-refractivity contribution in [2.24, 2.45) is 0 Å². The van der Waals surface area contributed by atoms with E-state index in [9.17, 15) is 9.59 Å². The molecule has 4 nitrogen and oxygen atoms in total. The van der Waals surface area contributed by atoms with Crippen molar-refractivity contribution in [2.45, 2.75) is 6.92 Å². The van der Waals surface area contributed by atoms with Crippen LogP contribution in [0.4, 0.5) is 4.79 Å². The fourth-order valence-electron chi connectivity index (χ4n) is 1.53. The summed E-state index contributed by atoms with van der Waals surface area (Å²) in [7, 11) is 0. The molecule has 3 amide bonds. The Balaban J connectivity index is 2.28. The van der Waals surface area contributed by atoms with Crippen molar-refractivity contribution >= 4 is 29.4 Å². The number of carbonyl (C=O) groups excluding carboxylic acids is 2. The molecular weight excluding hydrogens is 236 g/mol. The summed E-state index contributed by atoms with van der Waals surface area (Å²) < 4.78 is 0. The highest BCUT2D eigenvalue weighted by atomic mass is 32.1. The molecule has 2 rings (SSSR count). The van der Waals surface area contributed by atoms with Crippen LogP contribution in [-0.2, 0) is 4.79 Å². The minimum atomic E-state index is -0.393. The SMILES string of the molecule is C=CCN1C(=O)N/C(=C/c2sccc2C)C1=O. The normalized spacial score (nSPS) is 17.7. The van der Waals surface area contributed by atoms with Crippen LogP contribution in [0.25, 0.3) is 6.08 Å². The molecule has 1 saturated heterocycles. The molecule has 0 atom stereocenters. The molecule has 1 fully saturated rings. The second-order valence-electron chi connectivity index (χ2n) is 3.66. The number of hydrogen-bond donors (Lipinski definition) is 1. The van der Waals surface area contributed by atoms with Crippen molar-refractivity contribution in [1.82, 2.24) is 10.2 Å². The van der Waals surface area contributed by atoms with Gasteiger partial charge in [0.1, 0.15) is 5.70 Å². The van der Waals surface area contributed by atoms with Gasteiger partial charge in [-0.3, -0.25) is 9.69 Å². The van der Waals surface area contributed by atoms with E-state index >= 15 is 0 Å². The molecule has 88 valence electrons. The molecule has 0 radical (unpaired) electrons. The van der Waals surface area contributed by atoms with Crippen LogP contribution in [0.5, 0.6) is 0 Å². The number of carbonyl (C=O) groups is 2. The third-order valence-corrected chi connectivity index (χ3v) is 3.42. The first-order chi connectivity index (χ1) is 8.13. The fourth-order valence-corrected chi connectivity index (χ4v) is 2.39. The Kier molecular flexibility index (Phi) is 3.10. The molecule has 0 aromatic carbocycles.